The maximum atomic E-state index is 5.64. The van der Waals surface area contributed by atoms with Crippen LogP contribution >= 0.6 is 23.7 Å². The fraction of sp³-hybridized carbons (Fsp3) is 0.400. The predicted octanol–water partition coefficient (Wildman–Crippen LogP) is 2.46. The van der Waals surface area contributed by atoms with E-state index < -0.39 is 0 Å². The first-order chi connectivity index (χ1) is 7.13. The predicted molar refractivity (Wildman–Crippen MR) is 66.9 cm³/mol. The summed E-state index contributed by atoms with van der Waals surface area (Å²) in [5, 5.41) is 5.93. The smallest absolute Gasteiger partial charge is 0.233 e. The number of thiophene rings is 1. The summed E-state index contributed by atoms with van der Waals surface area (Å²) in [4.78, 5) is 5.36. The van der Waals surface area contributed by atoms with Gasteiger partial charge >= 0.3 is 0 Å². The van der Waals surface area contributed by atoms with Gasteiger partial charge in [-0.05, 0) is 25.3 Å². The zero-order valence-electron chi connectivity index (χ0n) is 9.14. The molecule has 0 saturated carbocycles. The van der Waals surface area contributed by atoms with Crippen molar-refractivity contribution in [2.45, 2.75) is 19.3 Å². The van der Waals surface area contributed by atoms with Gasteiger partial charge in [0.15, 0.2) is 0 Å². The summed E-state index contributed by atoms with van der Waals surface area (Å²) in [6.45, 7) is 4.45. The van der Waals surface area contributed by atoms with Crippen molar-refractivity contribution in [2.75, 3.05) is 6.54 Å². The fourth-order valence-electron chi connectivity index (χ4n) is 1.09. The standard InChI is InChI=1S/C10H13N3OS.ClH/c1-10(2,6-11)9-12-8(13-14-9)7-4-3-5-15-7;/h3-5H,6,11H2,1-2H3;1H. The van der Waals surface area contributed by atoms with Crippen LogP contribution in [0.3, 0.4) is 0 Å². The Kier molecular flexibility index (Phi) is 4.07. The van der Waals surface area contributed by atoms with Crippen molar-refractivity contribution in [3.63, 3.8) is 0 Å². The molecule has 6 heteroatoms. The van der Waals surface area contributed by atoms with Crippen molar-refractivity contribution in [1.29, 1.82) is 0 Å². The molecule has 0 aliphatic carbocycles. The quantitative estimate of drug-likeness (QED) is 0.920. The number of halogens is 1. The third kappa shape index (κ3) is 2.42. The highest BCUT2D eigenvalue weighted by Crippen LogP contribution is 2.25. The van der Waals surface area contributed by atoms with E-state index in [-0.39, 0.29) is 17.8 Å². The molecule has 88 valence electrons. The van der Waals surface area contributed by atoms with Gasteiger partial charge in [0.05, 0.1) is 10.3 Å². The van der Waals surface area contributed by atoms with E-state index in [0.29, 0.717) is 18.3 Å². The van der Waals surface area contributed by atoms with Crippen LogP contribution in [0.25, 0.3) is 10.7 Å². The van der Waals surface area contributed by atoms with Crippen LogP contribution in [0.15, 0.2) is 22.0 Å². The average Bonchev–Trinajstić information content (AvgIpc) is 2.88. The zero-order chi connectivity index (χ0) is 10.9. The minimum absolute atomic E-state index is 0. The van der Waals surface area contributed by atoms with E-state index in [4.69, 9.17) is 10.3 Å². The summed E-state index contributed by atoms with van der Waals surface area (Å²) in [7, 11) is 0. The first kappa shape index (κ1) is 13.2. The maximum absolute atomic E-state index is 5.64. The van der Waals surface area contributed by atoms with Crippen LogP contribution < -0.4 is 5.73 Å². The molecular formula is C10H14ClN3OS. The van der Waals surface area contributed by atoms with Gasteiger partial charge in [0.2, 0.25) is 11.7 Å². The molecule has 2 aromatic rings. The van der Waals surface area contributed by atoms with E-state index in [1.165, 1.54) is 0 Å². The van der Waals surface area contributed by atoms with E-state index >= 15 is 0 Å². The molecule has 0 radical (unpaired) electrons. The van der Waals surface area contributed by atoms with Gasteiger partial charge < -0.3 is 10.3 Å². The number of nitrogens with zero attached hydrogens (tertiary/aromatic N) is 2. The molecule has 0 amide bonds. The van der Waals surface area contributed by atoms with Crippen molar-refractivity contribution in [2.24, 2.45) is 5.73 Å². The Morgan fingerprint density at radius 2 is 2.25 bits per heavy atom. The highest BCUT2D eigenvalue weighted by atomic mass is 35.5. The SMILES string of the molecule is CC(C)(CN)c1nc(-c2cccs2)no1.Cl. The van der Waals surface area contributed by atoms with Gasteiger partial charge in [0.1, 0.15) is 0 Å². The third-order valence-electron chi connectivity index (χ3n) is 2.26. The zero-order valence-corrected chi connectivity index (χ0v) is 10.8. The normalized spacial score (nSPS) is 11.2. The van der Waals surface area contributed by atoms with Gasteiger partial charge in [0, 0.05) is 6.54 Å². The van der Waals surface area contributed by atoms with Gasteiger partial charge in [0.25, 0.3) is 0 Å². The summed E-state index contributed by atoms with van der Waals surface area (Å²) in [6, 6.07) is 3.93. The Hall–Kier alpha value is -0.910. The molecule has 2 aromatic heterocycles. The molecule has 0 aromatic carbocycles. The lowest BCUT2D eigenvalue weighted by atomic mass is 9.94. The van der Waals surface area contributed by atoms with E-state index in [9.17, 15) is 0 Å². The Balaban J connectivity index is 0.00000128. The van der Waals surface area contributed by atoms with Crippen LogP contribution in [0.5, 0.6) is 0 Å². The molecule has 0 unspecified atom stereocenters. The molecule has 0 aliphatic rings. The van der Waals surface area contributed by atoms with E-state index in [1.54, 1.807) is 11.3 Å². The topological polar surface area (TPSA) is 64.9 Å². The lowest BCUT2D eigenvalue weighted by Crippen LogP contribution is -2.28. The number of aromatic nitrogens is 2. The second-order valence-electron chi connectivity index (χ2n) is 3.99. The molecular weight excluding hydrogens is 246 g/mol. The lowest BCUT2D eigenvalue weighted by Gasteiger charge is -2.15. The molecule has 4 nitrogen and oxygen atoms in total. The highest BCUT2D eigenvalue weighted by molar-refractivity contribution is 7.13. The summed E-state index contributed by atoms with van der Waals surface area (Å²) < 4.78 is 5.21. The molecule has 0 fully saturated rings. The Bertz CT molecular complexity index is 439. The molecule has 0 aliphatic heterocycles. The van der Waals surface area contributed by atoms with Crippen molar-refractivity contribution < 1.29 is 4.52 Å². The molecule has 2 rings (SSSR count). The first-order valence-corrected chi connectivity index (χ1v) is 5.59. The molecule has 0 spiro atoms. The second kappa shape index (κ2) is 4.95. The molecule has 2 heterocycles. The third-order valence-corrected chi connectivity index (χ3v) is 3.12. The summed E-state index contributed by atoms with van der Waals surface area (Å²) in [5.74, 6) is 1.23. The Labute approximate surface area is 104 Å². The number of rotatable bonds is 3. The summed E-state index contributed by atoms with van der Waals surface area (Å²) in [6.07, 6.45) is 0. The minimum atomic E-state index is -0.261. The number of nitrogens with two attached hydrogens (primary N) is 1. The lowest BCUT2D eigenvalue weighted by molar-refractivity contribution is 0.311. The molecule has 0 saturated heterocycles. The largest absolute Gasteiger partial charge is 0.338 e. The maximum Gasteiger partial charge on any atom is 0.233 e. The van der Waals surface area contributed by atoms with E-state index in [2.05, 4.69) is 10.1 Å². The van der Waals surface area contributed by atoms with Crippen LogP contribution in [-0.4, -0.2) is 16.7 Å². The highest BCUT2D eigenvalue weighted by Gasteiger charge is 2.26. The number of hydrogen-bond donors (Lipinski definition) is 1. The van der Waals surface area contributed by atoms with Crippen LogP contribution in [0.1, 0.15) is 19.7 Å². The van der Waals surface area contributed by atoms with Gasteiger partial charge in [-0.15, -0.1) is 23.7 Å². The summed E-state index contributed by atoms with van der Waals surface area (Å²) in [5.41, 5.74) is 5.38. The van der Waals surface area contributed by atoms with Crippen molar-refractivity contribution >= 4 is 23.7 Å². The molecule has 0 bridgehead atoms. The van der Waals surface area contributed by atoms with Crippen LogP contribution in [0.2, 0.25) is 0 Å². The van der Waals surface area contributed by atoms with Gasteiger partial charge in [-0.2, -0.15) is 4.98 Å². The van der Waals surface area contributed by atoms with Gasteiger partial charge in [-0.1, -0.05) is 11.2 Å². The average molecular weight is 260 g/mol. The first-order valence-electron chi connectivity index (χ1n) is 4.71. The van der Waals surface area contributed by atoms with Crippen molar-refractivity contribution in [3.8, 4) is 10.7 Å². The van der Waals surface area contributed by atoms with Gasteiger partial charge in [-0.25, -0.2) is 0 Å². The minimum Gasteiger partial charge on any atom is -0.338 e. The number of hydrogen-bond acceptors (Lipinski definition) is 5. The molecule has 16 heavy (non-hydrogen) atoms. The Morgan fingerprint density at radius 3 is 2.81 bits per heavy atom. The van der Waals surface area contributed by atoms with Crippen LogP contribution in [-0.2, 0) is 5.41 Å². The molecule has 2 N–H and O–H groups in total. The fourth-order valence-corrected chi connectivity index (χ4v) is 1.74. The van der Waals surface area contributed by atoms with Crippen LogP contribution in [0.4, 0.5) is 0 Å². The van der Waals surface area contributed by atoms with E-state index in [0.717, 1.165) is 4.88 Å². The van der Waals surface area contributed by atoms with Gasteiger partial charge in [-0.3, -0.25) is 0 Å². The van der Waals surface area contributed by atoms with E-state index in [1.807, 2.05) is 31.4 Å². The van der Waals surface area contributed by atoms with Crippen LogP contribution in [0, 0.1) is 0 Å². The monoisotopic (exact) mass is 259 g/mol. The Morgan fingerprint density at radius 1 is 1.50 bits per heavy atom. The van der Waals surface area contributed by atoms with Crippen molar-refractivity contribution in [1.82, 2.24) is 10.1 Å². The molecule has 0 atom stereocenters. The second-order valence-corrected chi connectivity index (χ2v) is 4.94. The van der Waals surface area contributed by atoms with Crippen molar-refractivity contribution in [3.05, 3.63) is 23.4 Å². The summed E-state index contributed by atoms with van der Waals surface area (Å²) >= 11 is 1.59.